The first kappa shape index (κ1) is 22.3. The van der Waals surface area contributed by atoms with Crippen LogP contribution in [-0.2, 0) is 22.6 Å². The summed E-state index contributed by atoms with van der Waals surface area (Å²) in [5.74, 6) is -0.497. The van der Waals surface area contributed by atoms with E-state index in [2.05, 4.69) is 25.7 Å². The minimum Gasteiger partial charge on any atom is -0.378 e. The Balaban J connectivity index is 1.39. The third-order valence-corrected chi connectivity index (χ3v) is 5.50. The lowest BCUT2D eigenvalue weighted by atomic mass is 10.2. The molecule has 168 valence electrons. The van der Waals surface area contributed by atoms with Gasteiger partial charge < -0.3 is 20.3 Å². The van der Waals surface area contributed by atoms with E-state index in [0.29, 0.717) is 47.6 Å². The summed E-state index contributed by atoms with van der Waals surface area (Å²) in [6.07, 6.45) is 4.25. The summed E-state index contributed by atoms with van der Waals surface area (Å²) in [5, 5.41) is 11.0. The molecule has 1 aromatic carbocycles. The van der Waals surface area contributed by atoms with Crippen LogP contribution in [0.4, 0.5) is 21.8 Å². The molecule has 1 aliphatic heterocycles. The van der Waals surface area contributed by atoms with Crippen molar-refractivity contribution in [1.82, 2.24) is 24.6 Å². The van der Waals surface area contributed by atoms with Gasteiger partial charge in [-0.05, 0) is 12.1 Å². The molecule has 0 bridgehead atoms. The second-order valence-electron chi connectivity index (χ2n) is 6.99. The number of hydrogen-bond acceptors (Lipinski definition) is 7. The summed E-state index contributed by atoms with van der Waals surface area (Å²) in [6, 6.07) is 5.14. The number of nitrogens with zero attached hydrogens (tertiary/aromatic N) is 5. The molecule has 1 fully saturated rings. The number of morpholine rings is 1. The van der Waals surface area contributed by atoms with E-state index < -0.39 is 5.82 Å². The second kappa shape index (κ2) is 10.1. The zero-order valence-corrected chi connectivity index (χ0v) is 18.4. The molecule has 9 nitrogen and oxygen atoms in total. The summed E-state index contributed by atoms with van der Waals surface area (Å²) in [6.45, 7) is 2.52. The topological polar surface area (TPSA) is 97.2 Å². The predicted molar refractivity (Wildman–Crippen MR) is 119 cm³/mol. The van der Waals surface area contributed by atoms with Gasteiger partial charge in [0.05, 0.1) is 31.3 Å². The van der Waals surface area contributed by atoms with Gasteiger partial charge in [-0.1, -0.05) is 29.3 Å². The molecule has 0 unspecified atom stereocenters. The molecule has 2 N–H and O–H groups in total. The SMILES string of the molecule is O=C(Cn1cc(Nc2ncc(F)c(NCc3c(Cl)cccc3Cl)n2)cn1)N1CCOCC1. The highest BCUT2D eigenvalue weighted by atomic mass is 35.5. The van der Waals surface area contributed by atoms with Crippen molar-refractivity contribution in [3.63, 3.8) is 0 Å². The van der Waals surface area contributed by atoms with Gasteiger partial charge in [-0.3, -0.25) is 9.48 Å². The van der Waals surface area contributed by atoms with Gasteiger partial charge in [0.1, 0.15) is 6.54 Å². The van der Waals surface area contributed by atoms with Crippen molar-refractivity contribution in [3.05, 3.63) is 58.2 Å². The Morgan fingerprint density at radius 3 is 2.69 bits per heavy atom. The fourth-order valence-corrected chi connectivity index (χ4v) is 3.65. The minimum atomic E-state index is -0.620. The van der Waals surface area contributed by atoms with Crippen LogP contribution in [0.1, 0.15) is 5.56 Å². The molecule has 4 rings (SSSR count). The van der Waals surface area contributed by atoms with Crippen LogP contribution in [0.3, 0.4) is 0 Å². The molecule has 1 aliphatic rings. The first-order chi connectivity index (χ1) is 15.5. The monoisotopic (exact) mass is 479 g/mol. The van der Waals surface area contributed by atoms with Crippen LogP contribution in [0.2, 0.25) is 10.0 Å². The molecule has 3 aromatic rings. The van der Waals surface area contributed by atoms with E-state index in [1.54, 1.807) is 29.3 Å². The molecule has 0 radical (unpaired) electrons. The molecule has 32 heavy (non-hydrogen) atoms. The van der Waals surface area contributed by atoms with Crippen LogP contribution in [0.15, 0.2) is 36.8 Å². The number of amides is 1. The van der Waals surface area contributed by atoms with Crippen LogP contribution < -0.4 is 10.6 Å². The molecule has 1 amide bonds. The number of carbonyl (C=O) groups is 1. The van der Waals surface area contributed by atoms with E-state index in [1.807, 2.05) is 0 Å². The van der Waals surface area contributed by atoms with Gasteiger partial charge in [0.15, 0.2) is 11.6 Å². The Morgan fingerprint density at radius 1 is 1.19 bits per heavy atom. The van der Waals surface area contributed by atoms with Crippen molar-refractivity contribution < 1.29 is 13.9 Å². The lowest BCUT2D eigenvalue weighted by Crippen LogP contribution is -2.42. The fraction of sp³-hybridized carbons (Fsp3) is 0.300. The van der Waals surface area contributed by atoms with Crippen LogP contribution in [0.5, 0.6) is 0 Å². The van der Waals surface area contributed by atoms with Gasteiger partial charge >= 0.3 is 0 Å². The Hall–Kier alpha value is -2.95. The highest BCUT2D eigenvalue weighted by molar-refractivity contribution is 6.36. The predicted octanol–water partition coefficient (Wildman–Crippen LogP) is 3.33. The molecule has 2 aromatic heterocycles. The highest BCUT2D eigenvalue weighted by Crippen LogP contribution is 2.25. The lowest BCUT2D eigenvalue weighted by molar-refractivity contribution is -0.136. The van der Waals surface area contributed by atoms with Crippen LogP contribution in [-0.4, -0.2) is 56.9 Å². The summed E-state index contributed by atoms with van der Waals surface area (Å²) in [4.78, 5) is 22.2. The third kappa shape index (κ3) is 5.45. The molecule has 0 atom stereocenters. The molecule has 1 saturated heterocycles. The molecule has 0 saturated carbocycles. The zero-order chi connectivity index (χ0) is 22.5. The van der Waals surface area contributed by atoms with Crippen molar-refractivity contribution in [2.24, 2.45) is 0 Å². The highest BCUT2D eigenvalue weighted by Gasteiger charge is 2.17. The summed E-state index contributed by atoms with van der Waals surface area (Å²) in [5.41, 5.74) is 1.20. The molecule has 3 heterocycles. The quantitative estimate of drug-likeness (QED) is 0.536. The normalized spacial score (nSPS) is 13.8. The number of carbonyl (C=O) groups excluding carboxylic acids is 1. The van der Waals surface area contributed by atoms with E-state index in [-0.39, 0.29) is 30.8 Å². The third-order valence-electron chi connectivity index (χ3n) is 4.79. The largest absolute Gasteiger partial charge is 0.378 e. The number of ether oxygens (including phenoxy) is 1. The van der Waals surface area contributed by atoms with Crippen molar-refractivity contribution >= 4 is 46.6 Å². The Bertz CT molecular complexity index is 1090. The van der Waals surface area contributed by atoms with Crippen LogP contribution >= 0.6 is 23.2 Å². The average molecular weight is 480 g/mol. The maximum atomic E-state index is 14.2. The van der Waals surface area contributed by atoms with Crippen LogP contribution in [0.25, 0.3) is 0 Å². The zero-order valence-electron chi connectivity index (χ0n) is 16.9. The summed E-state index contributed by atoms with van der Waals surface area (Å²) >= 11 is 12.3. The van der Waals surface area contributed by atoms with Gasteiger partial charge in [0, 0.05) is 41.4 Å². The average Bonchev–Trinajstić information content (AvgIpc) is 3.22. The Kier molecular flexibility index (Phi) is 7.03. The van der Waals surface area contributed by atoms with E-state index in [9.17, 15) is 9.18 Å². The van der Waals surface area contributed by atoms with Crippen molar-refractivity contribution in [2.45, 2.75) is 13.1 Å². The van der Waals surface area contributed by atoms with Crippen molar-refractivity contribution in [1.29, 1.82) is 0 Å². The number of anilines is 3. The smallest absolute Gasteiger partial charge is 0.244 e. The number of benzene rings is 1. The number of nitrogens with one attached hydrogen (secondary N) is 2. The van der Waals surface area contributed by atoms with E-state index >= 15 is 0 Å². The number of hydrogen-bond donors (Lipinski definition) is 2. The maximum absolute atomic E-state index is 14.2. The number of rotatable bonds is 7. The second-order valence-corrected chi connectivity index (χ2v) is 7.80. The molecule has 0 spiro atoms. The molecule has 0 aliphatic carbocycles. The maximum Gasteiger partial charge on any atom is 0.244 e. The van der Waals surface area contributed by atoms with E-state index in [1.165, 1.54) is 10.9 Å². The Labute approximate surface area is 193 Å². The van der Waals surface area contributed by atoms with E-state index in [4.69, 9.17) is 27.9 Å². The van der Waals surface area contributed by atoms with Crippen molar-refractivity contribution in [3.8, 4) is 0 Å². The summed E-state index contributed by atoms with van der Waals surface area (Å²) < 4.78 is 21.0. The lowest BCUT2D eigenvalue weighted by Gasteiger charge is -2.26. The fourth-order valence-electron chi connectivity index (χ4n) is 3.12. The minimum absolute atomic E-state index is 0.00614. The van der Waals surface area contributed by atoms with Crippen molar-refractivity contribution in [2.75, 3.05) is 36.9 Å². The standard InChI is InChI=1S/C20H20Cl2FN7O2/c21-15-2-1-3-16(22)14(15)9-24-19-17(23)10-25-20(28-19)27-13-8-26-30(11-13)12-18(31)29-4-6-32-7-5-29/h1-3,8,10-11H,4-7,9,12H2,(H2,24,25,27,28). The first-order valence-electron chi connectivity index (χ1n) is 9.84. The number of aromatic nitrogens is 4. The van der Waals surface area contributed by atoms with Gasteiger partial charge in [0.25, 0.3) is 0 Å². The van der Waals surface area contributed by atoms with Crippen LogP contribution in [0, 0.1) is 5.82 Å². The summed E-state index contributed by atoms with van der Waals surface area (Å²) in [7, 11) is 0. The Morgan fingerprint density at radius 2 is 1.94 bits per heavy atom. The molecule has 12 heteroatoms. The van der Waals surface area contributed by atoms with Gasteiger partial charge in [-0.15, -0.1) is 0 Å². The number of halogens is 3. The molecular formula is C20H20Cl2FN7O2. The first-order valence-corrected chi connectivity index (χ1v) is 10.6. The van der Waals surface area contributed by atoms with Gasteiger partial charge in [-0.2, -0.15) is 10.1 Å². The van der Waals surface area contributed by atoms with Gasteiger partial charge in [0.2, 0.25) is 11.9 Å². The molecular weight excluding hydrogens is 460 g/mol. The van der Waals surface area contributed by atoms with Gasteiger partial charge in [-0.25, -0.2) is 9.37 Å². The van der Waals surface area contributed by atoms with E-state index in [0.717, 1.165) is 6.20 Å².